The Morgan fingerprint density at radius 1 is 1.15 bits per heavy atom. The molecule has 1 heterocycles. The van der Waals surface area contributed by atoms with Crippen molar-refractivity contribution in [1.82, 2.24) is 4.90 Å². The lowest BCUT2D eigenvalue weighted by atomic mass is 10.1. The average molecular weight is 373 g/mol. The van der Waals surface area contributed by atoms with Crippen molar-refractivity contribution in [2.45, 2.75) is 13.5 Å². The number of anilines is 2. The SMILES string of the molecule is CCOC(=O)N1CCN(c2c(NCc3cccc(OC)c3)c(=O)c2=O)CC1. The number of nitrogens with one attached hydrogen (secondary N) is 1. The van der Waals surface area contributed by atoms with Gasteiger partial charge in [-0.1, -0.05) is 12.1 Å². The number of rotatable bonds is 6. The molecule has 1 amide bonds. The lowest BCUT2D eigenvalue weighted by Gasteiger charge is -2.36. The maximum Gasteiger partial charge on any atom is 0.409 e. The van der Waals surface area contributed by atoms with Crippen LogP contribution in [-0.4, -0.2) is 50.9 Å². The summed E-state index contributed by atoms with van der Waals surface area (Å²) in [5, 5.41) is 3.08. The Kier molecular flexibility index (Phi) is 5.63. The molecule has 2 aromatic carbocycles. The molecule has 1 aliphatic heterocycles. The van der Waals surface area contributed by atoms with E-state index in [2.05, 4.69) is 5.32 Å². The van der Waals surface area contributed by atoms with Gasteiger partial charge in [0.1, 0.15) is 17.1 Å². The zero-order valence-electron chi connectivity index (χ0n) is 15.5. The summed E-state index contributed by atoms with van der Waals surface area (Å²) in [6.07, 6.45) is -0.349. The molecular formula is C19H23N3O5. The van der Waals surface area contributed by atoms with Crippen molar-refractivity contribution in [3.05, 3.63) is 50.3 Å². The Balaban J connectivity index is 1.65. The third-order valence-corrected chi connectivity index (χ3v) is 4.61. The highest BCUT2D eigenvalue weighted by Gasteiger charge is 2.30. The van der Waals surface area contributed by atoms with Crippen LogP contribution in [0.25, 0.3) is 0 Å². The Hall–Kier alpha value is -3.03. The van der Waals surface area contributed by atoms with Gasteiger partial charge in [0.2, 0.25) is 0 Å². The fourth-order valence-corrected chi connectivity index (χ4v) is 3.15. The van der Waals surface area contributed by atoms with Crippen molar-refractivity contribution in [2.24, 2.45) is 0 Å². The molecule has 1 N–H and O–H groups in total. The van der Waals surface area contributed by atoms with Crippen LogP contribution >= 0.6 is 0 Å². The van der Waals surface area contributed by atoms with Gasteiger partial charge in [-0.2, -0.15) is 0 Å². The predicted octanol–water partition coefficient (Wildman–Crippen LogP) is 1.18. The standard InChI is InChI=1S/C19H23N3O5/c1-3-27-19(25)22-9-7-21(8-10-22)16-15(17(23)18(16)24)20-12-13-5-4-6-14(11-13)26-2/h4-6,11,20H,3,7-10,12H2,1-2H3. The van der Waals surface area contributed by atoms with Gasteiger partial charge in [-0.15, -0.1) is 0 Å². The van der Waals surface area contributed by atoms with Crippen LogP contribution in [0.4, 0.5) is 16.2 Å². The molecule has 0 saturated carbocycles. The fraction of sp³-hybridized carbons (Fsp3) is 0.421. The number of piperazine rings is 1. The first-order chi connectivity index (χ1) is 13.0. The maximum absolute atomic E-state index is 12.1. The third kappa shape index (κ3) is 3.89. The molecule has 3 rings (SSSR count). The van der Waals surface area contributed by atoms with Crippen LogP contribution in [0.1, 0.15) is 12.5 Å². The monoisotopic (exact) mass is 373 g/mol. The van der Waals surface area contributed by atoms with E-state index >= 15 is 0 Å². The minimum absolute atomic E-state index is 0.329. The first kappa shape index (κ1) is 18.8. The van der Waals surface area contributed by atoms with E-state index in [9.17, 15) is 14.4 Å². The van der Waals surface area contributed by atoms with Crippen LogP contribution in [0.3, 0.4) is 0 Å². The van der Waals surface area contributed by atoms with E-state index in [1.807, 2.05) is 29.2 Å². The number of carbonyl (C=O) groups is 1. The minimum Gasteiger partial charge on any atom is -0.497 e. The molecule has 8 nitrogen and oxygen atoms in total. The molecule has 1 saturated heterocycles. The second-order valence-corrected chi connectivity index (χ2v) is 6.26. The van der Waals surface area contributed by atoms with E-state index in [0.29, 0.717) is 50.7 Å². The van der Waals surface area contributed by atoms with Gasteiger partial charge in [0, 0.05) is 32.7 Å². The minimum atomic E-state index is -0.499. The first-order valence-electron chi connectivity index (χ1n) is 8.92. The molecule has 0 atom stereocenters. The predicted molar refractivity (Wildman–Crippen MR) is 102 cm³/mol. The topological polar surface area (TPSA) is 88.2 Å². The number of carbonyl (C=O) groups excluding carboxylic acids is 1. The van der Waals surface area contributed by atoms with Gasteiger partial charge in [0.25, 0.3) is 10.9 Å². The molecule has 27 heavy (non-hydrogen) atoms. The van der Waals surface area contributed by atoms with Crippen LogP contribution in [-0.2, 0) is 11.3 Å². The zero-order chi connectivity index (χ0) is 19.4. The first-order valence-corrected chi connectivity index (χ1v) is 8.92. The van der Waals surface area contributed by atoms with Gasteiger partial charge >= 0.3 is 6.09 Å². The summed E-state index contributed by atoms with van der Waals surface area (Å²) in [5.74, 6) is 0.731. The van der Waals surface area contributed by atoms with Crippen molar-refractivity contribution in [3.63, 3.8) is 0 Å². The molecule has 0 unspecified atom stereocenters. The second-order valence-electron chi connectivity index (χ2n) is 6.26. The summed E-state index contributed by atoms with van der Waals surface area (Å²) in [7, 11) is 1.59. The zero-order valence-corrected chi connectivity index (χ0v) is 15.5. The molecule has 144 valence electrons. The molecule has 1 aliphatic rings. The van der Waals surface area contributed by atoms with Gasteiger partial charge in [-0.3, -0.25) is 9.59 Å². The van der Waals surface area contributed by atoms with E-state index < -0.39 is 10.9 Å². The second kappa shape index (κ2) is 8.11. The van der Waals surface area contributed by atoms with E-state index in [0.717, 1.165) is 11.3 Å². The number of hydrogen-bond donors (Lipinski definition) is 1. The van der Waals surface area contributed by atoms with E-state index in [-0.39, 0.29) is 6.09 Å². The third-order valence-electron chi connectivity index (χ3n) is 4.61. The van der Waals surface area contributed by atoms with Crippen molar-refractivity contribution in [1.29, 1.82) is 0 Å². The molecule has 0 aliphatic carbocycles. The van der Waals surface area contributed by atoms with Crippen LogP contribution in [0.5, 0.6) is 5.75 Å². The Morgan fingerprint density at radius 3 is 2.56 bits per heavy atom. The largest absolute Gasteiger partial charge is 0.497 e. The lowest BCUT2D eigenvalue weighted by Crippen LogP contribution is -2.53. The molecule has 0 aromatic heterocycles. The fourth-order valence-electron chi connectivity index (χ4n) is 3.15. The van der Waals surface area contributed by atoms with Crippen LogP contribution in [0, 0.1) is 0 Å². The van der Waals surface area contributed by atoms with Crippen molar-refractivity contribution < 1.29 is 14.3 Å². The maximum atomic E-state index is 12.1. The molecular weight excluding hydrogens is 350 g/mol. The van der Waals surface area contributed by atoms with E-state index in [4.69, 9.17) is 9.47 Å². The Bertz CT molecular complexity index is 880. The average Bonchev–Trinajstić information content (AvgIpc) is 2.71. The normalized spacial score (nSPS) is 14.3. The molecule has 2 aromatic rings. The van der Waals surface area contributed by atoms with Crippen molar-refractivity contribution in [2.75, 3.05) is 50.1 Å². The number of hydrogen-bond acceptors (Lipinski definition) is 7. The van der Waals surface area contributed by atoms with Crippen molar-refractivity contribution >= 4 is 17.5 Å². The highest BCUT2D eigenvalue weighted by molar-refractivity contribution is 5.76. The summed E-state index contributed by atoms with van der Waals surface area (Å²) in [6, 6.07) is 7.50. The quantitative estimate of drug-likeness (QED) is 0.761. The molecule has 0 radical (unpaired) electrons. The lowest BCUT2D eigenvalue weighted by molar-refractivity contribution is 0.105. The van der Waals surface area contributed by atoms with Gasteiger partial charge in [0.05, 0.1) is 13.7 Å². The van der Waals surface area contributed by atoms with Crippen LogP contribution in [0.15, 0.2) is 33.9 Å². The number of nitrogens with zero attached hydrogens (tertiary/aromatic N) is 2. The van der Waals surface area contributed by atoms with Gasteiger partial charge < -0.3 is 24.6 Å². The van der Waals surface area contributed by atoms with Crippen LogP contribution in [0.2, 0.25) is 0 Å². The molecule has 0 spiro atoms. The van der Waals surface area contributed by atoms with Gasteiger partial charge in [0.15, 0.2) is 0 Å². The Morgan fingerprint density at radius 2 is 1.89 bits per heavy atom. The summed E-state index contributed by atoms with van der Waals surface area (Å²) >= 11 is 0. The number of benzene rings is 1. The van der Waals surface area contributed by atoms with Gasteiger partial charge in [-0.05, 0) is 24.6 Å². The number of amides is 1. The highest BCUT2D eigenvalue weighted by Crippen LogP contribution is 2.23. The van der Waals surface area contributed by atoms with Gasteiger partial charge in [-0.25, -0.2) is 4.79 Å². The van der Waals surface area contributed by atoms with E-state index in [1.165, 1.54) is 0 Å². The highest BCUT2D eigenvalue weighted by atomic mass is 16.6. The van der Waals surface area contributed by atoms with Crippen LogP contribution < -0.4 is 25.8 Å². The molecule has 1 fully saturated rings. The number of ether oxygens (including phenoxy) is 2. The summed E-state index contributed by atoms with van der Waals surface area (Å²) in [5.41, 5.74) is 0.715. The number of methoxy groups -OCH3 is 1. The smallest absolute Gasteiger partial charge is 0.409 e. The summed E-state index contributed by atoms with van der Waals surface area (Å²) < 4.78 is 10.2. The summed E-state index contributed by atoms with van der Waals surface area (Å²) in [6.45, 7) is 4.38. The Labute approximate surface area is 157 Å². The van der Waals surface area contributed by atoms with E-state index in [1.54, 1.807) is 18.9 Å². The summed E-state index contributed by atoms with van der Waals surface area (Å²) in [4.78, 5) is 39.3. The molecule has 8 heteroatoms. The van der Waals surface area contributed by atoms with Crippen molar-refractivity contribution in [3.8, 4) is 5.75 Å². The molecule has 0 bridgehead atoms.